The third-order valence-corrected chi connectivity index (χ3v) is 5.83. The van der Waals surface area contributed by atoms with Gasteiger partial charge in [0.2, 0.25) is 0 Å². The lowest BCUT2D eigenvalue weighted by atomic mass is 10.1. The van der Waals surface area contributed by atoms with Crippen LogP contribution in [-0.2, 0) is 0 Å². The van der Waals surface area contributed by atoms with Crippen molar-refractivity contribution < 1.29 is 13.9 Å². The van der Waals surface area contributed by atoms with Gasteiger partial charge in [-0.05, 0) is 76.5 Å². The van der Waals surface area contributed by atoms with E-state index in [9.17, 15) is 9.59 Å². The van der Waals surface area contributed by atoms with Gasteiger partial charge < -0.3 is 19.0 Å². The van der Waals surface area contributed by atoms with Crippen molar-refractivity contribution in [2.24, 2.45) is 0 Å². The summed E-state index contributed by atoms with van der Waals surface area (Å²) < 4.78 is 12.6. The molecular weight excluding hydrogens is 444 g/mol. The van der Waals surface area contributed by atoms with Crippen LogP contribution < -0.4 is 10.3 Å². The van der Waals surface area contributed by atoms with Crippen LogP contribution >= 0.6 is 0 Å². The fraction of sp³-hybridized carbons (Fsp3) is 0.296. The molecule has 0 aliphatic carbocycles. The Hall–Kier alpha value is -3.91. The molecule has 35 heavy (non-hydrogen) atoms. The molecule has 0 aliphatic heterocycles. The number of amides is 1. The maximum Gasteiger partial charge on any atom is 0.290 e. The first kappa shape index (κ1) is 24.2. The summed E-state index contributed by atoms with van der Waals surface area (Å²) in [4.78, 5) is 35.7. The molecule has 2 aromatic carbocycles. The van der Waals surface area contributed by atoms with Gasteiger partial charge in [0.05, 0.1) is 35.5 Å². The number of para-hydroxylation sites is 1. The molecule has 0 radical (unpaired) electrons. The molecule has 8 heteroatoms. The standard InChI is InChI=1S/C27H30N4O4/c1-5-34-21-14-12-20(13-15-21)31-25(28-23-10-7-6-9-22(23)26(31)32)19(2)30(17-16-29(3)4)27(33)24-11-8-18-35-24/h6-15,18-19H,5,16-17H2,1-4H3. The molecule has 2 heterocycles. The van der Waals surface area contributed by atoms with Crippen molar-refractivity contribution in [3.63, 3.8) is 0 Å². The van der Waals surface area contributed by atoms with Gasteiger partial charge in [-0.15, -0.1) is 0 Å². The van der Waals surface area contributed by atoms with E-state index in [4.69, 9.17) is 14.1 Å². The second kappa shape index (κ2) is 10.6. The average Bonchev–Trinajstić information content (AvgIpc) is 3.40. The number of fused-ring (bicyclic) bond motifs is 1. The molecule has 8 nitrogen and oxygen atoms in total. The van der Waals surface area contributed by atoms with E-state index in [1.807, 2.05) is 75.3 Å². The molecule has 0 spiro atoms. The summed E-state index contributed by atoms with van der Waals surface area (Å²) in [7, 11) is 3.90. The van der Waals surface area contributed by atoms with Gasteiger partial charge in [0, 0.05) is 13.1 Å². The Labute approximate surface area is 204 Å². The molecule has 0 fully saturated rings. The van der Waals surface area contributed by atoms with Gasteiger partial charge in [0.25, 0.3) is 11.5 Å². The monoisotopic (exact) mass is 474 g/mol. The minimum Gasteiger partial charge on any atom is -0.494 e. The predicted molar refractivity (Wildman–Crippen MR) is 135 cm³/mol. The van der Waals surface area contributed by atoms with Gasteiger partial charge in [-0.3, -0.25) is 14.2 Å². The summed E-state index contributed by atoms with van der Waals surface area (Å²) in [5.74, 6) is 1.17. The Bertz CT molecular complexity index is 1340. The van der Waals surface area contributed by atoms with E-state index in [1.54, 1.807) is 27.7 Å². The second-order valence-electron chi connectivity index (χ2n) is 8.51. The number of benzene rings is 2. The van der Waals surface area contributed by atoms with Gasteiger partial charge in [0.15, 0.2) is 5.76 Å². The number of hydrogen-bond donors (Lipinski definition) is 0. The maximum atomic E-state index is 13.7. The first-order chi connectivity index (χ1) is 16.9. The van der Waals surface area contributed by atoms with Crippen molar-refractivity contribution in [3.8, 4) is 11.4 Å². The van der Waals surface area contributed by atoms with Crippen molar-refractivity contribution in [2.75, 3.05) is 33.8 Å². The highest BCUT2D eigenvalue weighted by molar-refractivity contribution is 5.91. The summed E-state index contributed by atoms with van der Waals surface area (Å²) in [6, 6.07) is 17.4. The molecule has 0 bridgehead atoms. The van der Waals surface area contributed by atoms with Crippen molar-refractivity contribution in [2.45, 2.75) is 19.9 Å². The Balaban J connectivity index is 1.87. The Kier molecular flexibility index (Phi) is 7.31. The predicted octanol–water partition coefficient (Wildman–Crippen LogP) is 4.14. The third-order valence-electron chi connectivity index (χ3n) is 5.83. The molecule has 1 atom stereocenters. The van der Waals surface area contributed by atoms with E-state index in [2.05, 4.69) is 0 Å². The fourth-order valence-corrected chi connectivity index (χ4v) is 4.00. The SMILES string of the molecule is CCOc1ccc(-n2c(C(C)N(CCN(C)C)C(=O)c3ccco3)nc3ccccc3c2=O)cc1. The Morgan fingerprint density at radius 3 is 2.46 bits per heavy atom. The summed E-state index contributed by atoms with van der Waals surface area (Å²) in [6.45, 7) is 5.42. The van der Waals surface area contributed by atoms with Gasteiger partial charge in [-0.1, -0.05) is 12.1 Å². The molecule has 0 aliphatic rings. The summed E-state index contributed by atoms with van der Waals surface area (Å²) in [5.41, 5.74) is 1.04. The number of aromatic nitrogens is 2. The zero-order chi connectivity index (χ0) is 24.9. The highest BCUT2D eigenvalue weighted by Gasteiger charge is 2.29. The summed E-state index contributed by atoms with van der Waals surface area (Å²) in [6.07, 6.45) is 1.48. The van der Waals surface area contributed by atoms with Crippen LogP contribution in [0.2, 0.25) is 0 Å². The lowest BCUT2D eigenvalue weighted by Crippen LogP contribution is -2.40. The number of rotatable bonds is 9. The van der Waals surface area contributed by atoms with E-state index in [-0.39, 0.29) is 17.2 Å². The first-order valence-corrected chi connectivity index (χ1v) is 11.6. The number of hydrogen-bond acceptors (Lipinski definition) is 6. The smallest absolute Gasteiger partial charge is 0.290 e. The highest BCUT2D eigenvalue weighted by Crippen LogP contribution is 2.25. The van der Waals surface area contributed by atoms with E-state index < -0.39 is 6.04 Å². The molecule has 0 saturated carbocycles. The van der Waals surface area contributed by atoms with Crippen LogP contribution in [0.5, 0.6) is 5.75 Å². The van der Waals surface area contributed by atoms with Gasteiger partial charge >= 0.3 is 0 Å². The number of carbonyl (C=O) groups excluding carboxylic acids is 1. The molecule has 2 aromatic heterocycles. The van der Waals surface area contributed by atoms with Crippen molar-refractivity contribution in [3.05, 3.63) is 88.9 Å². The molecule has 4 aromatic rings. The number of nitrogens with zero attached hydrogens (tertiary/aromatic N) is 4. The van der Waals surface area contributed by atoms with Gasteiger partial charge in [-0.2, -0.15) is 0 Å². The molecule has 0 saturated heterocycles. The maximum absolute atomic E-state index is 13.7. The topological polar surface area (TPSA) is 80.8 Å². The fourth-order valence-electron chi connectivity index (χ4n) is 4.00. The molecule has 4 rings (SSSR count). The van der Waals surface area contributed by atoms with Crippen molar-refractivity contribution >= 4 is 16.8 Å². The lowest BCUT2D eigenvalue weighted by molar-refractivity contribution is 0.0634. The average molecular weight is 475 g/mol. The lowest BCUT2D eigenvalue weighted by Gasteiger charge is -2.31. The van der Waals surface area contributed by atoms with Crippen LogP contribution in [0.25, 0.3) is 16.6 Å². The van der Waals surface area contributed by atoms with Crippen LogP contribution in [0.1, 0.15) is 36.3 Å². The van der Waals surface area contributed by atoms with E-state index in [0.29, 0.717) is 47.9 Å². The van der Waals surface area contributed by atoms with Crippen LogP contribution in [0.4, 0.5) is 0 Å². The number of carbonyl (C=O) groups is 1. The molecule has 1 amide bonds. The van der Waals surface area contributed by atoms with Crippen LogP contribution in [-0.4, -0.2) is 59.0 Å². The molecular formula is C27H30N4O4. The zero-order valence-electron chi connectivity index (χ0n) is 20.5. The third kappa shape index (κ3) is 5.12. The zero-order valence-corrected chi connectivity index (χ0v) is 20.5. The Morgan fingerprint density at radius 2 is 1.80 bits per heavy atom. The van der Waals surface area contributed by atoms with E-state index in [0.717, 1.165) is 0 Å². The normalized spacial score (nSPS) is 12.1. The minimum atomic E-state index is -0.517. The Morgan fingerprint density at radius 1 is 1.06 bits per heavy atom. The number of ether oxygens (including phenoxy) is 1. The summed E-state index contributed by atoms with van der Waals surface area (Å²) in [5, 5.41) is 0.509. The number of likely N-dealkylation sites (N-methyl/N-ethyl adjacent to an activating group) is 1. The quantitative estimate of drug-likeness (QED) is 0.363. The van der Waals surface area contributed by atoms with Crippen LogP contribution in [0, 0.1) is 0 Å². The van der Waals surface area contributed by atoms with E-state index >= 15 is 0 Å². The van der Waals surface area contributed by atoms with Crippen molar-refractivity contribution in [1.29, 1.82) is 0 Å². The van der Waals surface area contributed by atoms with E-state index in [1.165, 1.54) is 6.26 Å². The first-order valence-electron chi connectivity index (χ1n) is 11.6. The summed E-state index contributed by atoms with van der Waals surface area (Å²) >= 11 is 0. The largest absolute Gasteiger partial charge is 0.494 e. The highest BCUT2D eigenvalue weighted by atomic mass is 16.5. The molecule has 1 unspecified atom stereocenters. The molecule has 0 N–H and O–H groups in total. The second-order valence-corrected chi connectivity index (χ2v) is 8.51. The molecule has 182 valence electrons. The minimum absolute atomic E-state index is 0.195. The van der Waals surface area contributed by atoms with Crippen LogP contribution in [0.3, 0.4) is 0 Å². The van der Waals surface area contributed by atoms with Gasteiger partial charge in [-0.25, -0.2) is 4.98 Å². The van der Waals surface area contributed by atoms with Crippen LogP contribution in [0.15, 0.2) is 76.1 Å². The van der Waals surface area contributed by atoms with Crippen molar-refractivity contribution in [1.82, 2.24) is 19.4 Å². The number of furan rings is 1. The van der Waals surface area contributed by atoms with Gasteiger partial charge in [0.1, 0.15) is 11.6 Å².